The van der Waals surface area contributed by atoms with E-state index in [4.69, 9.17) is 11.5 Å². The summed E-state index contributed by atoms with van der Waals surface area (Å²) in [7, 11) is 0. The molecule has 0 spiro atoms. The Balaban J connectivity index is 2.58. The Morgan fingerprint density at radius 3 is 2.55 bits per heavy atom. The Kier molecular flexibility index (Phi) is 5.86. The number of hydrogen-bond acceptors (Lipinski definition) is 3. The highest BCUT2D eigenvalue weighted by Crippen LogP contribution is 2.26. The topological polar surface area (TPSA) is 81.1 Å². The molecule has 4 heteroatoms. The van der Waals surface area contributed by atoms with Gasteiger partial charge in [0.1, 0.15) is 0 Å². The van der Waals surface area contributed by atoms with Gasteiger partial charge >= 0.3 is 0 Å². The number of unbranched alkanes of at least 4 members (excludes halogenated alkanes) is 2. The second-order valence-corrected chi connectivity index (χ2v) is 6.14. The van der Waals surface area contributed by atoms with Crippen molar-refractivity contribution in [3.8, 4) is 0 Å². The zero-order valence-corrected chi connectivity index (χ0v) is 12.8. The third-order valence-electron chi connectivity index (χ3n) is 3.55. The summed E-state index contributed by atoms with van der Waals surface area (Å²) in [6, 6.07) is 5.14. The maximum Gasteiger partial charge on any atom is 0.248 e. The van der Waals surface area contributed by atoms with E-state index < -0.39 is 5.91 Å². The highest BCUT2D eigenvalue weighted by Gasteiger charge is 2.17. The molecule has 0 radical (unpaired) electrons. The van der Waals surface area contributed by atoms with Crippen molar-refractivity contribution in [2.24, 2.45) is 11.1 Å². The Labute approximate surface area is 121 Å². The Morgan fingerprint density at radius 1 is 1.30 bits per heavy atom. The largest absolute Gasteiger partial charge is 0.397 e. The van der Waals surface area contributed by atoms with E-state index in [0.29, 0.717) is 11.3 Å². The average molecular weight is 277 g/mol. The van der Waals surface area contributed by atoms with Crippen LogP contribution in [-0.2, 0) is 0 Å². The predicted octanol–water partition coefficient (Wildman–Crippen LogP) is 3.39. The molecule has 0 bridgehead atoms. The van der Waals surface area contributed by atoms with Gasteiger partial charge in [0.2, 0.25) is 5.91 Å². The van der Waals surface area contributed by atoms with Gasteiger partial charge in [0.05, 0.1) is 11.4 Å². The lowest BCUT2D eigenvalue weighted by atomic mass is 9.87. The number of benzene rings is 1. The fourth-order valence-corrected chi connectivity index (χ4v) is 2.15. The molecule has 0 aliphatic rings. The standard InChI is InChI=1S/C16H27N3O/c1-4-5-6-9-16(2,3)11-19-14-8-7-12(15(18)20)10-13(14)17/h7-8,10,19H,4-6,9,11,17H2,1-3H3,(H2,18,20). The van der Waals surface area contributed by atoms with Crippen molar-refractivity contribution in [1.82, 2.24) is 0 Å². The first kappa shape index (κ1) is 16.3. The van der Waals surface area contributed by atoms with Crippen molar-refractivity contribution < 1.29 is 4.79 Å². The summed E-state index contributed by atoms with van der Waals surface area (Å²) in [5.41, 5.74) is 13.3. The molecule has 0 aromatic heterocycles. The molecule has 0 saturated carbocycles. The van der Waals surface area contributed by atoms with Gasteiger partial charge in [-0.3, -0.25) is 4.79 Å². The van der Waals surface area contributed by atoms with Crippen LogP contribution in [-0.4, -0.2) is 12.5 Å². The van der Waals surface area contributed by atoms with Crippen LogP contribution in [0.1, 0.15) is 56.8 Å². The molecule has 0 fully saturated rings. The quantitative estimate of drug-likeness (QED) is 0.503. The molecule has 5 N–H and O–H groups in total. The number of anilines is 2. The maximum absolute atomic E-state index is 11.1. The average Bonchev–Trinajstić information content (AvgIpc) is 2.37. The van der Waals surface area contributed by atoms with Crippen LogP contribution in [0.15, 0.2) is 18.2 Å². The van der Waals surface area contributed by atoms with Crippen molar-refractivity contribution in [2.75, 3.05) is 17.6 Å². The van der Waals surface area contributed by atoms with Gasteiger partial charge in [-0.05, 0) is 30.0 Å². The lowest BCUT2D eigenvalue weighted by Crippen LogP contribution is -2.23. The van der Waals surface area contributed by atoms with Crippen LogP contribution in [0.25, 0.3) is 0 Å². The number of amides is 1. The highest BCUT2D eigenvalue weighted by atomic mass is 16.1. The number of primary amides is 1. The summed E-state index contributed by atoms with van der Waals surface area (Å²) in [6.45, 7) is 7.58. The van der Waals surface area contributed by atoms with Crippen LogP contribution in [0.2, 0.25) is 0 Å². The molecule has 0 unspecified atom stereocenters. The third-order valence-corrected chi connectivity index (χ3v) is 3.55. The molecule has 112 valence electrons. The van der Waals surface area contributed by atoms with Crippen LogP contribution in [0.4, 0.5) is 11.4 Å². The predicted molar refractivity (Wildman–Crippen MR) is 85.8 cm³/mol. The molecule has 1 rings (SSSR count). The summed E-state index contributed by atoms with van der Waals surface area (Å²) in [5, 5.41) is 3.37. The normalized spacial score (nSPS) is 11.3. The molecule has 1 aromatic carbocycles. The summed E-state index contributed by atoms with van der Waals surface area (Å²) >= 11 is 0. The number of nitrogens with one attached hydrogen (secondary N) is 1. The van der Waals surface area contributed by atoms with Gasteiger partial charge in [-0.2, -0.15) is 0 Å². The van der Waals surface area contributed by atoms with E-state index in [1.165, 1.54) is 25.7 Å². The minimum Gasteiger partial charge on any atom is -0.397 e. The molecule has 0 heterocycles. The zero-order chi connectivity index (χ0) is 15.2. The van der Waals surface area contributed by atoms with Crippen LogP contribution >= 0.6 is 0 Å². The van der Waals surface area contributed by atoms with Crippen molar-refractivity contribution in [2.45, 2.75) is 46.5 Å². The minimum atomic E-state index is -0.455. The number of nitrogen functional groups attached to an aromatic ring is 1. The lowest BCUT2D eigenvalue weighted by Gasteiger charge is -2.26. The fourth-order valence-electron chi connectivity index (χ4n) is 2.15. The van der Waals surface area contributed by atoms with Gasteiger partial charge in [-0.25, -0.2) is 0 Å². The first-order chi connectivity index (χ1) is 9.35. The number of nitrogens with two attached hydrogens (primary N) is 2. The van der Waals surface area contributed by atoms with E-state index in [1.807, 2.05) is 6.07 Å². The van der Waals surface area contributed by atoms with Crippen molar-refractivity contribution >= 4 is 17.3 Å². The van der Waals surface area contributed by atoms with E-state index in [2.05, 4.69) is 26.1 Å². The summed E-state index contributed by atoms with van der Waals surface area (Å²) in [6.07, 6.45) is 4.96. The van der Waals surface area contributed by atoms with Gasteiger partial charge in [-0.15, -0.1) is 0 Å². The van der Waals surface area contributed by atoms with Gasteiger partial charge in [-0.1, -0.05) is 40.0 Å². The van der Waals surface area contributed by atoms with Crippen molar-refractivity contribution in [3.63, 3.8) is 0 Å². The third kappa shape index (κ3) is 5.11. The van der Waals surface area contributed by atoms with Gasteiger partial charge < -0.3 is 16.8 Å². The van der Waals surface area contributed by atoms with E-state index >= 15 is 0 Å². The molecule has 0 saturated heterocycles. The molecule has 20 heavy (non-hydrogen) atoms. The van der Waals surface area contributed by atoms with E-state index in [9.17, 15) is 4.79 Å². The molecule has 1 amide bonds. The molecular formula is C16H27N3O. The molecule has 0 aliphatic heterocycles. The highest BCUT2D eigenvalue weighted by molar-refractivity contribution is 5.94. The molecule has 4 nitrogen and oxygen atoms in total. The number of carbonyl (C=O) groups is 1. The van der Waals surface area contributed by atoms with Gasteiger partial charge in [0.15, 0.2) is 0 Å². The number of carbonyl (C=O) groups excluding carboxylic acids is 1. The molecule has 0 aliphatic carbocycles. The van der Waals surface area contributed by atoms with Crippen LogP contribution in [0, 0.1) is 5.41 Å². The lowest BCUT2D eigenvalue weighted by molar-refractivity contribution is 0.100. The second kappa shape index (κ2) is 7.17. The van der Waals surface area contributed by atoms with E-state index in [1.54, 1.807) is 12.1 Å². The second-order valence-electron chi connectivity index (χ2n) is 6.14. The van der Waals surface area contributed by atoms with E-state index in [0.717, 1.165) is 12.2 Å². The summed E-state index contributed by atoms with van der Waals surface area (Å²) in [5.74, 6) is -0.455. The molecule has 0 atom stereocenters. The molecule has 1 aromatic rings. The van der Waals surface area contributed by atoms with Crippen molar-refractivity contribution in [3.05, 3.63) is 23.8 Å². The summed E-state index contributed by atoms with van der Waals surface area (Å²) < 4.78 is 0. The first-order valence-electron chi connectivity index (χ1n) is 7.29. The van der Waals surface area contributed by atoms with Crippen LogP contribution < -0.4 is 16.8 Å². The van der Waals surface area contributed by atoms with Gasteiger partial charge in [0, 0.05) is 12.1 Å². The monoisotopic (exact) mass is 277 g/mol. The SMILES string of the molecule is CCCCCC(C)(C)CNc1ccc(C(N)=O)cc1N. The Hall–Kier alpha value is -1.71. The van der Waals surface area contributed by atoms with Crippen LogP contribution in [0.3, 0.4) is 0 Å². The van der Waals surface area contributed by atoms with E-state index in [-0.39, 0.29) is 5.41 Å². The fraction of sp³-hybridized carbons (Fsp3) is 0.562. The van der Waals surface area contributed by atoms with Gasteiger partial charge in [0.25, 0.3) is 0 Å². The number of rotatable bonds is 8. The smallest absolute Gasteiger partial charge is 0.248 e. The first-order valence-corrected chi connectivity index (χ1v) is 7.29. The Morgan fingerprint density at radius 2 is 2.00 bits per heavy atom. The Bertz CT molecular complexity index is 455. The van der Waals surface area contributed by atoms with Crippen molar-refractivity contribution in [1.29, 1.82) is 0 Å². The maximum atomic E-state index is 11.1. The zero-order valence-electron chi connectivity index (χ0n) is 12.8. The number of hydrogen-bond donors (Lipinski definition) is 3. The summed E-state index contributed by atoms with van der Waals surface area (Å²) in [4.78, 5) is 11.1. The molecular weight excluding hydrogens is 250 g/mol. The van der Waals surface area contributed by atoms with Crippen LogP contribution in [0.5, 0.6) is 0 Å². The minimum absolute atomic E-state index is 0.226.